The van der Waals surface area contributed by atoms with Crippen LogP contribution in [0.4, 0.5) is 0 Å². The van der Waals surface area contributed by atoms with E-state index in [1.165, 1.54) is 0 Å². The number of fused-ring (bicyclic) bond motifs is 7. The molecule has 0 bridgehead atoms. The van der Waals surface area contributed by atoms with Gasteiger partial charge in [0.2, 0.25) is 0 Å². The minimum atomic E-state index is -1.18. The lowest BCUT2D eigenvalue weighted by Crippen LogP contribution is -2.74. The van der Waals surface area contributed by atoms with E-state index in [1.54, 1.807) is 13.8 Å². The van der Waals surface area contributed by atoms with Gasteiger partial charge in [-0.3, -0.25) is 14.4 Å². The van der Waals surface area contributed by atoms with Crippen LogP contribution in [0.25, 0.3) is 0 Å². The van der Waals surface area contributed by atoms with Crippen LogP contribution in [0.1, 0.15) is 127 Å². The summed E-state index contributed by atoms with van der Waals surface area (Å²) in [6.07, 6.45) is 6.03. The van der Waals surface area contributed by atoms with E-state index < -0.39 is 34.4 Å². The van der Waals surface area contributed by atoms with E-state index in [1.807, 2.05) is 30.3 Å². The van der Waals surface area contributed by atoms with Gasteiger partial charge in [-0.1, -0.05) is 66.7 Å². The van der Waals surface area contributed by atoms with Gasteiger partial charge in [0.1, 0.15) is 18.5 Å². The highest BCUT2D eigenvalue weighted by Crippen LogP contribution is 2.77. The van der Waals surface area contributed by atoms with Crippen LogP contribution >= 0.6 is 0 Å². The Bertz CT molecular complexity index is 1650. The first-order valence-corrected chi connectivity index (χ1v) is 20.7. The SMILES string of the molecule is CC(C)C1=C2[C@@]([C@H](O)CNCCOc3ccccc3)(CC[C@]3(C)[C@]2(N)CC[C@@H]2[C@@]4(C)CCC(OC(=O)CC(C)(C)C(=O)O)C(C)(C)[C@@H]4CC[C@]23C)CC1=O. The number of esters is 1. The van der Waals surface area contributed by atoms with Crippen LogP contribution in [0.3, 0.4) is 0 Å². The van der Waals surface area contributed by atoms with Gasteiger partial charge >= 0.3 is 11.9 Å². The van der Waals surface area contributed by atoms with Crippen LogP contribution in [0.15, 0.2) is 41.5 Å². The van der Waals surface area contributed by atoms with Gasteiger partial charge in [-0.05, 0) is 122 Å². The van der Waals surface area contributed by atoms with E-state index in [0.29, 0.717) is 38.0 Å². The van der Waals surface area contributed by atoms with Crippen molar-refractivity contribution in [2.75, 3.05) is 19.7 Å². The minimum absolute atomic E-state index is 0.00930. The molecule has 5 aliphatic carbocycles. The van der Waals surface area contributed by atoms with Gasteiger partial charge in [0.05, 0.1) is 17.9 Å². The van der Waals surface area contributed by atoms with Crippen LogP contribution in [0, 0.1) is 50.2 Å². The molecule has 0 aromatic heterocycles. The van der Waals surface area contributed by atoms with Gasteiger partial charge in [-0.15, -0.1) is 0 Å². The molecule has 5 aliphatic rings. The molecule has 9 heteroatoms. The van der Waals surface area contributed by atoms with Gasteiger partial charge in [-0.2, -0.15) is 0 Å². The van der Waals surface area contributed by atoms with Gasteiger partial charge in [-0.25, -0.2) is 0 Å². The molecule has 300 valence electrons. The number of hydrogen-bond acceptors (Lipinski definition) is 8. The molecule has 4 saturated carbocycles. The Morgan fingerprint density at radius 1 is 0.963 bits per heavy atom. The van der Waals surface area contributed by atoms with Gasteiger partial charge in [0.15, 0.2) is 5.78 Å². The molecule has 0 heterocycles. The fourth-order valence-corrected chi connectivity index (χ4v) is 13.3. The lowest BCUT2D eigenvalue weighted by Gasteiger charge is -2.74. The largest absolute Gasteiger partial charge is 0.492 e. The first-order valence-electron chi connectivity index (χ1n) is 20.7. The number of ether oxygens (including phenoxy) is 2. The fourth-order valence-electron chi connectivity index (χ4n) is 13.3. The molecule has 9 atom stereocenters. The number of ketones is 1. The van der Waals surface area contributed by atoms with E-state index in [0.717, 1.165) is 68.3 Å². The number of aliphatic hydroxyl groups excluding tert-OH is 1. The van der Waals surface area contributed by atoms with Crippen molar-refractivity contribution in [2.45, 2.75) is 144 Å². The summed E-state index contributed by atoms with van der Waals surface area (Å²) in [5.41, 5.74) is 6.57. The number of allylic oxidation sites excluding steroid dienone is 1. The van der Waals surface area contributed by atoms with E-state index in [4.69, 9.17) is 15.2 Å². The summed E-state index contributed by atoms with van der Waals surface area (Å²) >= 11 is 0. The van der Waals surface area contributed by atoms with Crippen molar-refractivity contribution in [1.29, 1.82) is 0 Å². The number of carboxylic acids is 1. The molecule has 6 rings (SSSR count). The predicted octanol–water partition coefficient (Wildman–Crippen LogP) is 7.49. The van der Waals surface area contributed by atoms with Crippen LogP contribution in [-0.2, 0) is 19.1 Å². The fraction of sp³-hybridized carbons (Fsp3) is 0.756. The Labute approximate surface area is 323 Å². The maximum Gasteiger partial charge on any atom is 0.309 e. The van der Waals surface area contributed by atoms with E-state index in [-0.39, 0.29) is 45.9 Å². The van der Waals surface area contributed by atoms with E-state index in [2.05, 4.69) is 53.8 Å². The number of nitrogens with one attached hydrogen (secondary N) is 1. The number of benzene rings is 1. The molecule has 0 spiro atoms. The average Bonchev–Trinajstić information content (AvgIpc) is 3.41. The summed E-state index contributed by atoms with van der Waals surface area (Å²) in [4.78, 5) is 39.0. The number of nitrogens with two attached hydrogens (primary N) is 1. The van der Waals surface area contributed by atoms with E-state index in [9.17, 15) is 24.6 Å². The quantitative estimate of drug-likeness (QED) is 0.126. The zero-order valence-corrected chi connectivity index (χ0v) is 34.5. The smallest absolute Gasteiger partial charge is 0.309 e. The molecule has 0 radical (unpaired) electrons. The molecule has 0 saturated heterocycles. The van der Waals surface area contributed by atoms with Crippen molar-refractivity contribution < 1.29 is 34.1 Å². The zero-order valence-electron chi connectivity index (χ0n) is 34.5. The first-order chi connectivity index (χ1) is 25.1. The standard InChI is InChI=1S/C45H68N2O7/c1-28(2)36-30(48)25-44(33(49)27-47-23-24-53-29-13-11-10-12-14-29)22-21-43(9)42(8)19-15-31-40(5,6)34(54-35(50)26-39(3,4)38(51)52)17-18-41(31,7)32(42)16-20-45(43,46)37(36)44/h10-14,28,31-34,47,49H,15-27,46H2,1-9H3,(H,51,52)/t31-,32+,33+,34?,41-,42+,43-,44-,45-/m0/s1. The second-order valence-corrected chi connectivity index (χ2v) is 20.2. The molecular formula is C45H68N2O7. The number of hydrogen-bond donors (Lipinski definition) is 4. The molecule has 0 amide bonds. The third kappa shape index (κ3) is 6.18. The molecule has 1 aromatic rings. The Morgan fingerprint density at radius 2 is 1.63 bits per heavy atom. The van der Waals surface area contributed by atoms with Crippen LogP contribution in [-0.4, -0.2) is 65.4 Å². The summed E-state index contributed by atoms with van der Waals surface area (Å²) in [5.74, 6) is 0.226. The highest BCUT2D eigenvalue weighted by molar-refractivity contribution is 6.01. The summed E-state index contributed by atoms with van der Waals surface area (Å²) in [7, 11) is 0. The third-order valence-corrected chi connectivity index (χ3v) is 16.4. The molecule has 1 aromatic carbocycles. The van der Waals surface area contributed by atoms with Crippen molar-refractivity contribution >= 4 is 17.7 Å². The summed E-state index contributed by atoms with van der Waals surface area (Å²) < 4.78 is 12.0. The van der Waals surface area contributed by atoms with E-state index >= 15 is 0 Å². The second-order valence-electron chi connectivity index (χ2n) is 20.2. The number of Topliss-reactive ketones (excluding diaryl/α,β-unsaturated/α-hetero) is 1. The Morgan fingerprint density at radius 3 is 2.28 bits per heavy atom. The Kier molecular flexibility index (Phi) is 10.6. The van der Waals surface area contributed by atoms with Gasteiger partial charge in [0.25, 0.3) is 0 Å². The average molecular weight is 749 g/mol. The zero-order chi connectivity index (χ0) is 39.7. The van der Waals surface area contributed by atoms with Gasteiger partial charge in [0, 0.05) is 35.9 Å². The number of aliphatic carboxylic acids is 1. The van der Waals surface area contributed by atoms with Crippen LogP contribution < -0.4 is 15.8 Å². The number of aliphatic hydroxyl groups is 1. The molecular weight excluding hydrogens is 681 g/mol. The topological polar surface area (TPSA) is 148 Å². The van der Waals surface area contributed by atoms with Crippen molar-refractivity contribution in [1.82, 2.24) is 5.32 Å². The lowest BCUT2D eigenvalue weighted by molar-refractivity contribution is -0.238. The maximum atomic E-state index is 14.1. The number of carbonyl (C=O) groups excluding carboxylic acids is 2. The molecule has 0 aliphatic heterocycles. The first kappa shape index (κ1) is 40.9. The van der Waals surface area contributed by atoms with Crippen molar-refractivity contribution in [3.63, 3.8) is 0 Å². The highest BCUT2D eigenvalue weighted by atomic mass is 16.5. The summed E-state index contributed by atoms with van der Waals surface area (Å²) in [6.45, 7) is 20.6. The molecule has 5 N–H and O–H groups in total. The van der Waals surface area contributed by atoms with Crippen LogP contribution in [0.5, 0.6) is 5.75 Å². The highest BCUT2D eigenvalue weighted by Gasteiger charge is 2.74. The minimum Gasteiger partial charge on any atom is -0.492 e. The van der Waals surface area contributed by atoms with Crippen LogP contribution in [0.2, 0.25) is 0 Å². The molecule has 54 heavy (non-hydrogen) atoms. The normalized spacial score (nSPS) is 37.9. The molecule has 4 fully saturated rings. The summed E-state index contributed by atoms with van der Waals surface area (Å²) in [6, 6.07) is 9.71. The number of rotatable bonds is 12. The van der Waals surface area contributed by atoms with Gasteiger partial charge < -0.3 is 30.7 Å². The van der Waals surface area contributed by atoms with Crippen molar-refractivity contribution in [3.05, 3.63) is 41.5 Å². The summed E-state index contributed by atoms with van der Waals surface area (Å²) in [5, 5.41) is 25.2. The maximum absolute atomic E-state index is 14.1. The monoisotopic (exact) mass is 749 g/mol. The Balaban J connectivity index is 1.25. The molecule has 9 nitrogen and oxygen atoms in total. The van der Waals surface area contributed by atoms with Crippen molar-refractivity contribution in [2.24, 2.45) is 56.0 Å². The number of carboxylic acid groups (broad SMARTS) is 1. The van der Waals surface area contributed by atoms with Crippen molar-refractivity contribution in [3.8, 4) is 5.75 Å². The third-order valence-electron chi connectivity index (χ3n) is 16.4. The number of carbonyl (C=O) groups is 3. The Hall–Kier alpha value is -2.75. The molecule has 1 unspecified atom stereocenters. The predicted molar refractivity (Wildman–Crippen MR) is 210 cm³/mol. The number of para-hydroxylation sites is 1. The lowest BCUT2D eigenvalue weighted by atomic mass is 9.31. The second kappa shape index (κ2) is 14.0.